The molecular formula is C78H66N4. The van der Waals surface area contributed by atoms with Gasteiger partial charge in [0.15, 0.2) is 0 Å². The molecule has 398 valence electrons. The molecule has 2 aromatic heterocycles. The summed E-state index contributed by atoms with van der Waals surface area (Å²) in [7, 11) is 0. The van der Waals surface area contributed by atoms with E-state index in [1.165, 1.54) is 175 Å². The van der Waals surface area contributed by atoms with Gasteiger partial charge in [0.05, 0.1) is 39.1 Å². The number of hydrogen-bond acceptors (Lipinski definition) is 2. The van der Waals surface area contributed by atoms with Gasteiger partial charge in [-0.15, -0.1) is 0 Å². The van der Waals surface area contributed by atoms with Gasteiger partial charge in [-0.2, -0.15) is 0 Å². The highest BCUT2D eigenvalue weighted by Crippen LogP contribution is 2.54. The molecular weight excluding hydrogens is 993 g/mol. The highest BCUT2D eigenvalue weighted by Gasteiger charge is 2.31. The van der Waals surface area contributed by atoms with Crippen molar-refractivity contribution in [2.24, 2.45) is 0 Å². The van der Waals surface area contributed by atoms with Crippen LogP contribution in [0.2, 0.25) is 0 Å². The molecule has 2 aliphatic carbocycles. The zero-order chi connectivity index (χ0) is 54.7. The largest absolute Gasteiger partial charge is 0.310 e. The van der Waals surface area contributed by atoms with Crippen molar-refractivity contribution in [1.82, 2.24) is 9.13 Å². The van der Waals surface area contributed by atoms with E-state index in [9.17, 15) is 0 Å². The van der Waals surface area contributed by atoms with E-state index in [0.29, 0.717) is 0 Å². The third kappa shape index (κ3) is 7.43. The fourth-order valence-corrected chi connectivity index (χ4v) is 15.1. The van der Waals surface area contributed by atoms with Crippen LogP contribution in [0.3, 0.4) is 0 Å². The molecule has 4 nitrogen and oxygen atoms in total. The van der Waals surface area contributed by atoms with Gasteiger partial charge in [-0.1, -0.05) is 161 Å². The normalized spacial score (nSPS) is 13.7. The zero-order valence-corrected chi connectivity index (χ0v) is 47.4. The van der Waals surface area contributed by atoms with Gasteiger partial charge in [0, 0.05) is 60.8 Å². The van der Waals surface area contributed by atoms with Crippen molar-refractivity contribution < 1.29 is 0 Å². The Bertz CT molecular complexity index is 4820. The second-order valence-electron chi connectivity index (χ2n) is 24.0. The molecule has 0 unspecified atom stereocenters. The summed E-state index contributed by atoms with van der Waals surface area (Å²) in [5, 5.41) is 13.0. The van der Waals surface area contributed by atoms with E-state index in [2.05, 4.69) is 265 Å². The maximum Gasteiger partial charge on any atom is 0.0782 e. The number of aryl methyl sites for hydroxylation is 2. The van der Waals surface area contributed by atoms with Gasteiger partial charge in [-0.25, -0.2) is 0 Å². The van der Waals surface area contributed by atoms with Crippen LogP contribution in [0.5, 0.6) is 0 Å². The third-order valence-electron chi connectivity index (χ3n) is 18.7. The average molecular weight is 1060 g/mol. The maximum absolute atomic E-state index is 2.70. The molecule has 0 atom stereocenters. The summed E-state index contributed by atoms with van der Waals surface area (Å²) in [5.41, 5.74) is 23.2. The van der Waals surface area contributed by atoms with Crippen molar-refractivity contribution in [2.45, 2.75) is 90.9 Å². The summed E-state index contributed by atoms with van der Waals surface area (Å²) in [6.07, 6.45) is 9.16. The van der Waals surface area contributed by atoms with Crippen LogP contribution < -0.4 is 9.80 Å². The SMILES string of the molecule is CC(C)c1cc(N(c2ccc3c(c2)c2ccccc2n3-c2ccccc2)c2cccc3c2CCCC3)c2ccc3c(C(C)C)cc(N(c4cccc5c4CCCC5)c4cccc5c6ccccc6n(-c6ccccc6)c45)c4ccc1c2c34. The van der Waals surface area contributed by atoms with E-state index in [0.717, 1.165) is 31.4 Å². The molecule has 16 rings (SSSR count). The van der Waals surface area contributed by atoms with Crippen molar-refractivity contribution in [3.05, 3.63) is 252 Å². The fraction of sp³-hybridized carbons (Fsp3) is 0.179. The molecule has 0 amide bonds. The molecule has 0 spiro atoms. The third-order valence-corrected chi connectivity index (χ3v) is 18.7. The molecule has 0 fully saturated rings. The molecule has 12 aromatic carbocycles. The van der Waals surface area contributed by atoms with Crippen LogP contribution >= 0.6 is 0 Å². The first-order chi connectivity index (χ1) is 40.4. The molecule has 14 aromatic rings. The summed E-state index contributed by atoms with van der Waals surface area (Å²) >= 11 is 0. The molecule has 0 bridgehead atoms. The summed E-state index contributed by atoms with van der Waals surface area (Å²) in [6.45, 7) is 9.59. The van der Waals surface area contributed by atoms with Gasteiger partial charge < -0.3 is 18.9 Å². The molecule has 2 aliphatic rings. The Hall–Kier alpha value is -9.12. The summed E-state index contributed by atoms with van der Waals surface area (Å²) in [4.78, 5) is 5.38. The lowest BCUT2D eigenvalue weighted by atomic mass is 9.83. The van der Waals surface area contributed by atoms with Crippen molar-refractivity contribution in [3.8, 4) is 11.4 Å². The molecule has 0 aliphatic heterocycles. The van der Waals surface area contributed by atoms with Crippen LogP contribution in [-0.2, 0) is 25.7 Å². The number of benzene rings is 12. The van der Waals surface area contributed by atoms with Crippen LogP contribution in [0.25, 0.3) is 87.3 Å². The van der Waals surface area contributed by atoms with Crippen molar-refractivity contribution in [3.63, 3.8) is 0 Å². The molecule has 82 heavy (non-hydrogen) atoms. The number of nitrogens with zero attached hydrogens (tertiary/aromatic N) is 4. The number of fused-ring (bicyclic) bond motifs is 8. The number of aromatic nitrogens is 2. The van der Waals surface area contributed by atoms with Gasteiger partial charge in [-0.3, -0.25) is 0 Å². The van der Waals surface area contributed by atoms with E-state index >= 15 is 0 Å². The molecule has 0 N–H and O–H groups in total. The van der Waals surface area contributed by atoms with Crippen molar-refractivity contribution >= 4 is 110 Å². The van der Waals surface area contributed by atoms with Crippen LogP contribution in [0, 0.1) is 0 Å². The second kappa shape index (κ2) is 19.3. The fourth-order valence-electron chi connectivity index (χ4n) is 15.1. The van der Waals surface area contributed by atoms with Gasteiger partial charge in [0.1, 0.15) is 0 Å². The Morgan fingerprint density at radius 2 is 0.768 bits per heavy atom. The Morgan fingerprint density at radius 3 is 1.37 bits per heavy atom. The molecule has 2 heterocycles. The minimum Gasteiger partial charge on any atom is -0.310 e. The number of hydrogen-bond donors (Lipinski definition) is 0. The van der Waals surface area contributed by atoms with Crippen LogP contribution in [-0.4, -0.2) is 9.13 Å². The standard InChI is InChI=1S/C78H66N4/c1-49(2)65-47-74(80(68-37-19-24-51-22-11-13-30-56(51)68)55-40-45-72-67(46-55)59-33-16-17-35-70(59)79(72)53-26-7-5-8-27-53)63-43-41-61-66(50(3)4)48-75(64-44-42-60(65)76(63)77(61)64)82(69-38-20-25-52-23-12-14-31-57(52)69)73-39-21-34-62-58-32-15-18-36-71(58)81(78(62)73)54-28-9-6-10-29-54/h5-10,15-21,24-29,32-50H,11-14,22-23,30-31H2,1-4H3. The zero-order valence-electron chi connectivity index (χ0n) is 47.4. The highest BCUT2D eigenvalue weighted by atomic mass is 15.2. The van der Waals surface area contributed by atoms with Gasteiger partial charge in [0.25, 0.3) is 0 Å². The highest BCUT2D eigenvalue weighted by molar-refractivity contribution is 6.30. The van der Waals surface area contributed by atoms with Crippen LogP contribution in [0.1, 0.15) is 98.6 Å². The minimum absolute atomic E-state index is 0.252. The lowest BCUT2D eigenvalue weighted by Crippen LogP contribution is -2.17. The first-order valence-electron chi connectivity index (χ1n) is 30.2. The first kappa shape index (κ1) is 48.8. The predicted octanol–water partition coefficient (Wildman–Crippen LogP) is 21.7. The Balaban J connectivity index is 1.02. The lowest BCUT2D eigenvalue weighted by molar-refractivity contribution is 0.686. The number of para-hydroxylation sites is 5. The summed E-state index contributed by atoms with van der Waals surface area (Å²) in [5.74, 6) is 0.512. The molecule has 0 radical (unpaired) electrons. The maximum atomic E-state index is 2.70. The monoisotopic (exact) mass is 1060 g/mol. The number of anilines is 6. The summed E-state index contributed by atoms with van der Waals surface area (Å²) < 4.78 is 4.97. The molecule has 0 saturated heterocycles. The van der Waals surface area contributed by atoms with E-state index in [1.807, 2.05) is 0 Å². The van der Waals surface area contributed by atoms with E-state index in [-0.39, 0.29) is 11.8 Å². The molecule has 0 saturated carbocycles. The van der Waals surface area contributed by atoms with Crippen LogP contribution in [0.4, 0.5) is 34.1 Å². The first-order valence-corrected chi connectivity index (χ1v) is 30.2. The quantitative estimate of drug-likeness (QED) is 0.127. The van der Waals surface area contributed by atoms with Gasteiger partial charge >= 0.3 is 0 Å². The Labute approximate surface area is 480 Å². The van der Waals surface area contributed by atoms with E-state index in [1.54, 1.807) is 0 Å². The van der Waals surface area contributed by atoms with Crippen LogP contribution in [0.15, 0.2) is 218 Å². The average Bonchev–Trinajstić information content (AvgIpc) is 3.17. The molecule has 4 heteroatoms. The smallest absolute Gasteiger partial charge is 0.0782 e. The second-order valence-corrected chi connectivity index (χ2v) is 24.0. The van der Waals surface area contributed by atoms with Crippen molar-refractivity contribution in [2.75, 3.05) is 9.80 Å². The topological polar surface area (TPSA) is 16.3 Å². The van der Waals surface area contributed by atoms with Crippen molar-refractivity contribution in [1.29, 1.82) is 0 Å². The summed E-state index contributed by atoms with van der Waals surface area (Å²) in [6, 6.07) is 83.5. The van der Waals surface area contributed by atoms with E-state index in [4.69, 9.17) is 0 Å². The van der Waals surface area contributed by atoms with Gasteiger partial charge in [0.2, 0.25) is 0 Å². The van der Waals surface area contributed by atoms with E-state index < -0.39 is 0 Å². The lowest BCUT2D eigenvalue weighted by Gasteiger charge is -2.34. The minimum atomic E-state index is 0.252. The number of rotatable bonds is 10. The Kier molecular flexibility index (Phi) is 11.5. The Morgan fingerprint density at radius 1 is 0.317 bits per heavy atom. The predicted molar refractivity (Wildman–Crippen MR) is 350 cm³/mol. The van der Waals surface area contributed by atoms with Gasteiger partial charge in [-0.05, 0) is 203 Å².